The molecule has 51 heavy (non-hydrogen) atoms. The zero-order valence-electron chi connectivity index (χ0n) is 32.3. The molecule has 0 fully saturated rings. The molecule has 1 nitrogen and oxygen atoms in total. The van der Waals surface area contributed by atoms with E-state index in [-0.39, 0.29) is 16.2 Å². The average Bonchev–Trinajstić information content (AvgIpc) is 3.47. The highest BCUT2D eigenvalue weighted by Gasteiger charge is 2.38. The van der Waals surface area contributed by atoms with E-state index in [9.17, 15) is 0 Å². The lowest BCUT2D eigenvalue weighted by Crippen LogP contribution is -2.19. The molecule has 3 aliphatic carbocycles. The fraction of sp³-hybridized carbons (Fsp3) is 0.320. The molecule has 0 saturated heterocycles. The van der Waals surface area contributed by atoms with E-state index in [2.05, 4.69) is 189 Å². The smallest absolute Gasteiger partial charge is 0.0540 e. The monoisotopic (exact) mass is 667 g/mol. The van der Waals surface area contributed by atoms with Gasteiger partial charge in [0.05, 0.1) is 5.69 Å². The fourth-order valence-corrected chi connectivity index (χ4v) is 8.95. The molecule has 0 N–H and O–H groups in total. The third-order valence-electron chi connectivity index (χ3n) is 12.1. The normalized spacial score (nSPS) is 17.9. The van der Waals surface area contributed by atoms with Crippen LogP contribution >= 0.6 is 0 Å². The van der Waals surface area contributed by atoms with E-state index in [0.717, 1.165) is 6.42 Å². The highest BCUT2D eigenvalue weighted by Crippen LogP contribution is 2.54. The molecule has 1 heteroatoms. The Morgan fingerprint density at radius 2 is 1.20 bits per heavy atom. The van der Waals surface area contributed by atoms with Gasteiger partial charge in [-0.3, -0.25) is 0 Å². The first-order chi connectivity index (χ1) is 24.2. The Morgan fingerprint density at radius 1 is 0.627 bits per heavy atom. The topological polar surface area (TPSA) is 3.24 Å². The summed E-state index contributed by atoms with van der Waals surface area (Å²) in [6, 6.07) is 37.8. The SMILES string of the molecule is CC1C=C(c2cc(C(C)C)ccc2N(c2ccc3c(c2)C(C)(C)c2ccccc2-3)c2ccc3c(c2)C(C)(C)c2cc(C(C)(C)C)ccc2-3)C=CC1. The number of rotatable bonds is 5. The van der Waals surface area contributed by atoms with Gasteiger partial charge >= 0.3 is 0 Å². The molecule has 5 aromatic rings. The molecule has 3 aliphatic rings. The molecule has 1 atom stereocenters. The van der Waals surface area contributed by atoms with Crippen LogP contribution in [0.5, 0.6) is 0 Å². The second-order valence-electron chi connectivity index (χ2n) is 17.8. The van der Waals surface area contributed by atoms with Gasteiger partial charge in [-0.05, 0) is 121 Å². The van der Waals surface area contributed by atoms with Crippen molar-refractivity contribution in [3.63, 3.8) is 0 Å². The van der Waals surface area contributed by atoms with Crippen LogP contribution in [0.2, 0.25) is 0 Å². The van der Waals surface area contributed by atoms with Crippen LogP contribution in [0.4, 0.5) is 17.1 Å². The van der Waals surface area contributed by atoms with Gasteiger partial charge in [-0.25, -0.2) is 0 Å². The van der Waals surface area contributed by atoms with Crippen molar-refractivity contribution in [3.05, 3.63) is 154 Å². The Hall–Kier alpha value is -4.62. The molecule has 0 aromatic heterocycles. The number of hydrogen-bond donors (Lipinski definition) is 0. The number of nitrogens with zero attached hydrogens (tertiary/aromatic N) is 1. The average molecular weight is 668 g/mol. The van der Waals surface area contributed by atoms with Gasteiger partial charge < -0.3 is 4.90 Å². The van der Waals surface area contributed by atoms with Crippen LogP contribution in [-0.2, 0) is 16.2 Å². The summed E-state index contributed by atoms with van der Waals surface area (Å²) in [6.45, 7) is 23.5. The quantitative estimate of drug-likeness (QED) is 0.180. The van der Waals surface area contributed by atoms with Crippen molar-refractivity contribution in [3.8, 4) is 22.3 Å². The van der Waals surface area contributed by atoms with E-state index >= 15 is 0 Å². The third-order valence-corrected chi connectivity index (χ3v) is 12.1. The zero-order chi connectivity index (χ0) is 36.0. The summed E-state index contributed by atoms with van der Waals surface area (Å²) in [5, 5.41) is 0. The third kappa shape index (κ3) is 5.35. The molecule has 0 amide bonds. The van der Waals surface area contributed by atoms with E-state index in [1.807, 2.05) is 0 Å². The number of anilines is 3. The van der Waals surface area contributed by atoms with Gasteiger partial charge in [-0.15, -0.1) is 0 Å². The first kappa shape index (κ1) is 33.5. The van der Waals surface area contributed by atoms with Crippen molar-refractivity contribution in [2.45, 2.75) is 97.8 Å². The van der Waals surface area contributed by atoms with Crippen molar-refractivity contribution in [1.29, 1.82) is 0 Å². The van der Waals surface area contributed by atoms with E-state index in [0.29, 0.717) is 11.8 Å². The van der Waals surface area contributed by atoms with Crippen LogP contribution < -0.4 is 4.90 Å². The lowest BCUT2D eigenvalue weighted by atomic mass is 9.79. The Bertz CT molecular complexity index is 2260. The molecule has 0 radical (unpaired) electrons. The van der Waals surface area contributed by atoms with E-state index in [1.54, 1.807) is 0 Å². The van der Waals surface area contributed by atoms with Crippen LogP contribution in [0.25, 0.3) is 27.8 Å². The van der Waals surface area contributed by atoms with Gasteiger partial charge in [-0.1, -0.05) is 148 Å². The molecule has 5 aromatic carbocycles. The first-order valence-electron chi connectivity index (χ1n) is 19.0. The van der Waals surface area contributed by atoms with E-state index < -0.39 is 0 Å². The standard InChI is InChI=1S/C50H53N/c1-31(2)33-18-25-47(42(27-33)34-15-13-14-32(3)26-34)51(36-20-23-40-38-16-11-12-17-43(38)49(7,8)45(40)29-36)37-21-24-41-39-22-19-35(48(4,5)6)28-44(39)50(9,10)46(41)30-37/h11-13,15-32H,14H2,1-10H3. The minimum absolute atomic E-state index is 0.0890. The molecule has 8 rings (SSSR count). The van der Waals surface area contributed by atoms with Crippen molar-refractivity contribution in [1.82, 2.24) is 0 Å². The number of benzene rings is 5. The summed E-state index contributed by atoms with van der Waals surface area (Å²) in [6.07, 6.45) is 8.26. The largest absolute Gasteiger partial charge is 0.310 e. The van der Waals surface area contributed by atoms with E-state index in [4.69, 9.17) is 0 Å². The van der Waals surface area contributed by atoms with E-state index in [1.165, 1.54) is 83.8 Å². The van der Waals surface area contributed by atoms with Crippen LogP contribution in [0.15, 0.2) is 115 Å². The lowest BCUT2D eigenvalue weighted by molar-refractivity contribution is 0.584. The van der Waals surface area contributed by atoms with Crippen LogP contribution in [0.1, 0.15) is 121 Å². The molecule has 0 heterocycles. The molecule has 258 valence electrons. The van der Waals surface area contributed by atoms with Gasteiger partial charge in [0.15, 0.2) is 0 Å². The maximum atomic E-state index is 2.55. The molecule has 0 saturated carbocycles. The van der Waals surface area contributed by atoms with Crippen molar-refractivity contribution in [2.24, 2.45) is 5.92 Å². The van der Waals surface area contributed by atoms with Gasteiger partial charge in [0.1, 0.15) is 0 Å². The second-order valence-corrected chi connectivity index (χ2v) is 17.8. The number of fused-ring (bicyclic) bond motifs is 6. The molecule has 0 bridgehead atoms. The molecular formula is C50H53N. The Labute approximate surface area is 306 Å². The predicted molar refractivity (Wildman–Crippen MR) is 220 cm³/mol. The Morgan fingerprint density at radius 3 is 1.80 bits per heavy atom. The zero-order valence-corrected chi connectivity index (χ0v) is 32.3. The summed E-state index contributed by atoms with van der Waals surface area (Å²) in [5.41, 5.74) is 19.9. The lowest BCUT2D eigenvalue weighted by Gasteiger charge is -2.32. The molecule has 0 spiro atoms. The Balaban J connectivity index is 1.36. The maximum Gasteiger partial charge on any atom is 0.0540 e. The van der Waals surface area contributed by atoms with Crippen molar-refractivity contribution >= 4 is 22.6 Å². The van der Waals surface area contributed by atoms with Crippen molar-refractivity contribution < 1.29 is 0 Å². The van der Waals surface area contributed by atoms with Crippen LogP contribution in [0, 0.1) is 5.92 Å². The summed E-state index contributed by atoms with van der Waals surface area (Å²) < 4.78 is 0. The predicted octanol–water partition coefficient (Wildman–Crippen LogP) is 14.2. The highest BCUT2D eigenvalue weighted by atomic mass is 15.1. The van der Waals surface area contributed by atoms with Crippen LogP contribution in [0.3, 0.4) is 0 Å². The Kier molecular flexibility index (Phi) is 7.69. The molecule has 1 unspecified atom stereocenters. The van der Waals surface area contributed by atoms with Crippen molar-refractivity contribution in [2.75, 3.05) is 4.90 Å². The van der Waals surface area contributed by atoms with Gasteiger partial charge in [0, 0.05) is 27.8 Å². The fourth-order valence-electron chi connectivity index (χ4n) is 8.95. The summed E-state index contributed by atoms with van der Waals surface area (Å²) in [4.78, 5) is 2.55. The summed E-state index contributed by atoms with van der Waals surface area (Å²) >= 11 is 0. The number of hydrogen-bond acceptors (Lipinski definition) is 1. The van der Waals surface area contributed by atoms with Crippen LogP contribution in [-0.4, -0.2) is 0 Å². The highest BCUT2D eigenvalue weighted by molar-refractivity contribution is 5.93. The van der Waals surface area contributed by atoms with Gasteiger partial charge in [-0.2, -0.15) is 0 Å². The van der Waals surface area contributed by atoms with Gasteiger partial charge in [0.25, 0.3) is 0 Å². The minimum Gasteiger partial charge on any atom is -0.310 e. The second kappa shape index (κ2) is 11.7. The maximum absolute atomic E-state index is 2.55. The summed E-state index contributed by atoms with van der Waals surface area (Å²) in [7, 11) is 0. The van der Waals surface area contributed by atoms with Gasteiger partial charge in [0.2, 0.25) is 0 Å². The number of allylic oxidation sites excluding steroid dienone is 4. The molecule has 0 aliphatic heterocycles. The molecular weight excluding hydrogens is 615 g/mol. The first-order valence-corrected chi connectivity index (χ1v) is 19.0. The minimum atomic E-state index is -0.121. The summed E-state index contributed by atoms with van der Waals surface area (Å²) in [5.74, 6) is 0.944.